The van der Waals surface area contributed by atoms with E-state index in [1.165, 1.54) is 6.92 Å². The molecule has 0 heterocycles. The van der Waals surface area contributed by atoms with Crippen molar-refractivity contribution in [2.24, 2.45) is 0 Å². The fraction of sp³-hybridized carbons (Fsp3) is 0.278. The molecule has 4 nitrogen and oxygen atoms in total. The topological polar surface area (TPSA) is 69.6 Å². The molecule has 3 N–H and O–H groups in total. The minimum Gasteiger partial charge on any atom is -0.393 e. The third-order valence-electron chi connectivity index (χ3n) is 4.06. The number of alkyl halides is 2. The van der Waals surface area contributed by atoms with Crippen molar-refractivity contribution in [3.63, 3.8) is 0 Å². The Bertz CT molecular complexity index is 785. The van der Waals surface area contributed by atoms with Gasteiger partial charge in [-0.15, -0.1) is 0 Å². The van der Waals surface area contributed by atoms with Gasteiger partial charge in [0.2, 0.25) is 0 Å². The molecule has 0 aliphatic carbocycles. The van der Waals surface area contributed by atoms with Gasteiger partial charge in [0.05, 0.1) is 12.6 Å². The predicted octanol–water partition coefficient (Wildman–Crippen LogP) is 2.66. The van der Waals surface area contributed by atoms with Crippen LogP contribution in [0, 0.1) is 11.6 Å². The zero-order valence-electron chi connectivity index (χ0n) is 13.7. The highest BCUT2D eigenvalue weighted by atomic mass is 19.3. The Morgan fingerprint density at radius 2 is 1.77 bits per heavy atom. The molecule has 0 saturated heterocycles. The molecule has 0 aliphatic heterocycles. The highest BCUT2D eigenvalue weighted by Gasteiger charge is 2.60. The SMILES string of the molecule is C[C@@H](NC(=O)C(F)(F)[C@](O)(CO)c1ccc(F)cc1F)c1ccccc1. The van der Waals surface area contributed by atoms with Crippen molar-refractivity contribution in [3.05, 3.63) is 71.3 Å². The van der Waals surface area contributed by atoms with E-state index < -0.39 is 47.3 Å². The van der Waals surface area contributed by atoms with E-state index in [1.54, 1.807) is 30.3 Å². The number of nitrogens with one attached hydrogen (secondary N) is 1. The van der Waals surface area contributed by atoms with Gasteiger partial charge >= 0.3 is 5.92 Å². The first-order valence-electron chi connectivity index (χ1n) is 7.66. The molecule has 140 valence electrons. The molecule has 26 heavy (non-hydrogen) atoms. The number of aliphatic hydroxyl groups excluding tert-OH is 1. The van der Waals surface area contributed by atoms with Gasteiger partial charge in [0, 0.05) is 11.6 Å². The van der Waals surface area contributed by atoms with Crippen LogP contribution in [0.2, 0.25) is 0 Å². The average molecular weight is 371 g/mol. The molecule has 0 saturated carbocycles. The third kappa shape index (κ3) is 3.56. The number of carbonyl (C=O) groups is 1. The van der Waals surface area contributed by atoms with E-state index in [1.807, 2.05) is 5.32 Å². The van der Waals surface area contributed by atoms with Crippen LogP contribution in [0.15, 0.2) is 48.5 Å². The summed E-state index contributed by atoms with van der Waals surface area (Å²) in [4.78, 5) is 12.1. The number of carbonyl (C=O) groups excluding carboxylic acids is 1. The van der Waals surface area contributed by atoms with Gasteiger partial charge in [0.15, 0.2) is 5.60 Å². The number of amides is 1. The second-order valence-corrected chi connectivity index (χ2v) is 5.82. The van der Waals surface area contributed by atoms with Crippen molar-refractivity contribution in [3.8, 4) is 0 Å². The Morgan fingerprint density at radius 3 is 2.31 bits per heavy atom. The summed E-state index contributed by atoms with van der Waals surface area (Å²) < 4.78 is 56.1. The molecule has 0 bridgehead atoms. The smallest absolute Gasteiger partial charge is 0.358 e. The lowest BCUT2D eigenvalue weighted by Crippen LogP contribution is -2.57. The largest absolute Gasteiger partial charge is 0.393 e. The Balaban J connectivity index is 2.34. The summed E-state index contributed by atoms with van der Waals surface area (Å²) in [5.74, 6) is -9.07. The zero-order chi connectivity index (χ0) is 19.5. The Morgan fingerprint density at radius 1 is 1.15 bits per heavy atom. The summed E-state index contributed by atoms with van der Waals surface area (Å²) in [6.07, 6.45) is 0. The molecule has 2 aromatic carbocycles. The van der Waals surface area contributed by atoms with Gasteiger partial charge in [0.1, 0.15) is 11.6 Å². The first-order chi connectivity index (χ1) is 12.1. The van der Waals surface area contributed by atoms with Gasteiger partial charge in [-0.05, 0) is 24.6 Å². The van der Waals surface area contributed by atoms with Gasteiger partial charge in [-0.25, -0.2) is 8.78 Å². The number of rotatable bonds is 6. The molecule has 8 heteroatoms. The molecule has 0 spiro atoms. The van der Waals surface area contributed by atoms with Gasteiger partial charge < -0.3 is 15.5 Å². The monoisotopic (exact) mass is 371 g/mol. The van der Waals surface area contributed by atoms with Crippen LogP contribution in [0.3, 0.4) is 0 Å². The van der Waals surface area contributed by atoms with Crippen LogP contribution in [0.1, 0.15) is 24.1 Å². The Hall–Kier alpha value is -2.45. The minimum atomic E-state index is -4.59. The van der Waals surface area contributed by atoms with Crippen molar-refractivity contribution in [2.75, 3.05) is 6.61 Å². The summed E-state index contributed by atoms with van der Waals surface area (Å²) in [7, 11) is 0. The number of aliphatic hydroxyl groups is 2. The van der Waals surface area contributed by atoms with Crippen LogP contribution < -0.4 is 5.32 Å². The van der Waals surface area contributed by atoms with Crippen LogP contribution in [0.25, 0.3) is 0 Å². The van der Waals surface area contributed by atoms with Crippen LogP contribution in [-0.4, -0.2) is 28.6 Å². The highest BCUT2D eigenvalue weighted by molar-refractivity contribution is 5.85. The molecule has 1 amide bonds. The van der Waals surface area contributed by atoms with E-state index in [9.17, 15) is 32.6 Å². The van der Waals surface area contributed by atoms with Gasteiger partial charge in [-0.1, -0.05) is 30.3 Å². The molecule has 2 rings (SSSR count). The van der Waals surface area contributed by atoms with Crippen LogP contribution >= 0.6 is 0 Å². The van der Waals surface area contributed by atoms with Crippen LogP contribution in [-0.2, 0) is 10.4 Å². The van der Waals surface area contributed by atoms with E-state index in [2.05, 4.69) is 0 Å². The highest BCUT2D eigenvalue weighted by Crippen LogP contribution is 2.39. The molecule has 2 aromatic rings. The fourth-order valence-corrected chi connectivity index (χ4v) is 2.48. The van der Waals surface area contributed by atoms with Gasteiger partial charge in [-0.2, -0.15) is 8.78 Å². The lowest BCUT2D eigenvalue weighted by atomic mass is 9.86. The Kier molecular flexibility index (Phi) is 5.68. The maximum Gasteiger partial charge on any atom is 0.358 e. The second-order valence-electron chi connectivity index (χ2n) is 5.82. The fourth-order valence-electron chi connectivity index (χ4n) is 2.48. The average Bonchev–Trinajstić information content (AvgIpc) is 2.61. The van der Waals surface area contributed by atoms with E-state index in [-0.39, 0.29) is 6.07 Å². The minimum absolute atomic E-state index is 0.274. The van der Waals surface area contributed by atoms with Gasteiger partial charge in [-0.3, -0.25) is 4.79 Å². The van der Waals surface area contributed by atoms with Crippen molar-refractivity contribution in [1.29, 1.82) is 0 Å². The van der Waals surface area contributed by atoms with E-state index >= 15 is 0 Å². The molecular weight excluding hydrogens is 354 g/mol. The van der Waals surface area contributed by atoms with Crippen molar-refractivity contribution in [2.45, 2.75) is 24.5 Å². The van der Waals surface area contributed by atoms with Crippen molar-refractivity contribution in [1.82, 2.24) is 5.32 Å². The maximum absolute atomic E-state index is 14.6. The number of halogens is 4. The van der Waals surface area contributed by atoms with E-state index in [4.69, 9.17) is 0 Å². The van der Waals surface area contributed by atoms with Crippen LogP contribution in [0.5, 0.6) is 0 Å². The molecular formula is C18H17F4NO3. The summed E-state index contributed by atoms with van der Waals surface area (Å²) in [5.41, 5.74) is -4.13. The molecule has 0 fully saturated rings. The van der Waals surface area contributed by atoms with E-state index in [0.717, 1.165) is 0 Å². The quantitative estimate of drug-likeness (QED) is 0.684. The maximum atomic E-state index is 14.6. The lowest BCUT2D eigenvalue weighted by Gasteiger charge is -2.34. The summed E-state index contributed by atoms with van der Waals surface area (Å²) in [6, 6.07) is 8.83. The Labute approximate surface area is 147 Å². The van der Waals surface area contributed by atoms with Crippen molar-refractivity contribution < 1.29 is 32.6 Å². The summed E-state index contributed by atoms with van der Waals surface area (Å²) >= 11 is 0. The summed E-state index contributed by atoms with van der Waals surface area (Å²) in [6.45, 7) is -0.213. The molecule has 0 aliphatic rings. The zero-order valence-corrected chi connectivity index (χ0v) is 13.7. The molecule has 0 radical (unpaired) electrons. The first-order valence-corrected chi connectivity index (χ1v) is 7.66. The van der Waals surface area contributed by atoms with Crippen molar-refractivity contribution >= 4 is 5.91 Å². The van der Waals surface area contributed by atoms with Crippen LogP contribution in [0.4, 0.5) is 17.6 Å². The summed E-state index contributed by atoms with van der Waals surface area (Å²) in [5, 5.41) is 21.5. The second kappa shape index (κ2) is 7.43. The van der Waals surface area contributed by atoms with E-state index in [0.29, 0.717) is 17.7 Å². The first kappa shape index (κ1) is 19.9. The molecule has 0 unspecified atom stereocenters. The standard InChI is InChI=1S/C18H17F4NO3/c1-11(12-5-3-2-4-6-12)23-16(25)18(21,22)17(26,10-24)14-8-7-13(19)9-15(14)20/h2-9,11,24,26H,10H2,1H3,(H,23,25)/t11-,17+/m1/s1. The number of hydrogen-bond acceptors (Lipinski definition) is 3. The number of hydrogen-bond donors (Lipinski definition) is 3. The molecule has 0 aromatic heterocycles. The van der Waals surface area contributed by atoms with Gasteiger partial charge in [0.25, 0.3) is 5.91 Å². The third-order valence-corrected chi connectivity index (χ3v) is 4.06. The number of benzene rings is 2. The normalized spacial score (nSPS) is 15.2. The predicted molar refractivity (Wildman–Crippen MR) is 85.3 cm³/mol. The molecule has 2 atom stereocenters. The lowest BCUT2D eigenvalue weighted by molar-refractivity contribution is -0.209.